The molecule has 1 aromatic heterocycles. The summed E-state index contributed by atoms with van der Waals surface area (Å²) < 4.78 is 58.2. The van der Waals surface area contributed by atoms with E-state index in [1.54, 1.807) is 0 Å². The molecule has 0 bridgehead atoms. The van der Waals surface area contributed by atoms with Crippen LogP contribution in [0.25, 0.3) is 0 Å². The van der Waals surface area contributed by atoms with Gasteiger partial charge in [0.1, 0.15) is 5.82 Å². The Morgan fingerprint density at radius 2 is 1.93 bits per heavy atom. The van der Waals surface area contributed by atoms with E-state index in [0.717, 1.165) is 12.3 Å². The van der Waals surface area contributed by atoms with Crippen molar-refractivity contribution in [3.63, 3.8) is 0 Å². The standard InChI is InChI=1S/C6H6F3N3O2S/c7-6(8,9)15(13,14)12-4-1-2-5(10)11-3-4/h1-3,12H,(H2,10,11). The molecule has 1 aromatic rings. The molecule has 0 aliphatic carbocycles. The Morgan fingerprint density at radius 1 is 1.33 bits per heavy atom. The van der Waals surface area contributed by atoms with Crippen LogP contribution in [0.5, 0.6) is 0 Å². The Balaban J connectivity index is 2.93. The molecule has 1 rings (SSSR count). The fraction of sp³-hybridized carbons (Fsp3) is 0.167. The lowest BCUT2D eigenvalue weighted by Gasteiger charge is -2.09. The molecule has 0 aliphatic rings. The minimum Gasteiger partial charge on any atom is -0.384 e. The number of aromatic nitrogens is 1. The summed E-state index contributed by atoms with van der Waals surface area (Å²) in [4.78, 5) is 3.43. The molecule has 0 aliphatic heterocycles. The maximum absolute atomic E-state index is 11.9. The van der Waals surface area contributed by atoms with Gasteiger partial charge in [0, 0.05) is 0 Å². The number of anilines is 2. The van der Waals surface area contributed by atoms with Crippen LogP contribution in [-0.2, 0) is 10.0 Å². The molecule has 0 saturated heterocycles. The molecule has 1 heterocycles. The van der Waals surface area contributed by atoms with Gasteiger partial charge in [-0.25, -0.2) is 4.98 Å². The van der Waals surface area contributed by atoms with Gasteiger partial charge in [0.15, 0.2) is 0 Å². The summed E-state index contributed by atoms with van der Waals surface area (Å²) in [5, 5.41) is 0. The number of hydrogen-bond donors (Lipinski definition) is 2. The Labute approximate surface area is 83.2 Å². The molecule has 0 saturated carbocycles. The summed E-state index contributed by atoms with van der Waals surface area (Å²) in [5.41, 5.74) is -0.491. The number of nitrogens with one attached hydrogen (secondary N) is 1. The van der Waals surface area contributed by atoms with Crippen molar-refractivity contribution in [2.75, 3.05) is 10.5 Å². The Bertz CT molecular complexity index is 440. The summed E-state index contributed by atoms with van der Waals surface area (Å²) in [5.74, 6) is 0.0740. The minimum atomic E-state index is -5.39. The zero-order chi connectivity index (χ0) is 11.7. The molecular formula is C6H6F3N3O2S. The average molecular weight is 241 g/mol. The summed E-state index contributed by atoms with van der Waals surface area (Å²) >= 11 is 0. The number of nitrogens with two attached hydrogens (primary N) is 1. The molecule has 0 atom stereocenters. The normalized spacial score (nSPS) is 12.5. The van der Waals surface area contributed by atoms with Crippen molar-refractivity contribution < 1.29 is 21.6 Å². The number of pyridine rings is 1. The predicted molar refractivity (Wildman–Crippen MR) is 47.2 cm³/mol. The van der Waals surface area contributed by atoms with Crippen molar-refractivity contribution in [3.8, 4) is 0 Å². The Kier molecular flexibility index (Phi) is 2.75. The number of halogens is 3. The SMILES string of the molecule is Nc1ccc(NS(=O)(=O)C(F)(F)F)cn1. The smallest absolute Gasteiger partial charge is 0.384 e. The van der Waals surface area contributed by atoms with Gasteiger partial charge >= 0.3 is 15.5 Å². The topological polar surface area (TPSA) is 85.1 Å². The number of nitrogen functional groups attached to an aromatic ring is 1. The van der Waals surface area contributed by atoms with E-state index in [-0.39, 0.29) is 11.5 Å². The predicted octanol–water partition coefficient (Wildman–Crippen LogP) is 0.925. The molecule has 0 spiro atoms. The lowest BCUT2D eigenvalue weighted by Crippen LogP contribution is -2.29. The van der Waals surface area contributed by atoms with Gasteiger partial charge in [0.2, 0.25) is 0 Å². The van der Waals surface area contributed by atoms with Gasteiger partial charge in [-0.05, 0) is 12.1 Å². The summed E-state index contributed by atoms with van der Waals surface area (Å²) in [6.45, 7) is 0. The summed E-state index contributed by atoms with van der Waals surface area (Å²) in [6.07, 6.45) is 0.888. The van der Waals surface area contributed by atoms with Crippen molar-refractivity contribution >= 4 is 21.5 Å². The first kappa shape index (κ1) is 11.6. The van der Waals surface area contributed by atoms with Crippen LogP contribution < -0.4 is 10.5 Å². The first-order chi connectivity index (χ1) is 6.72. The van der Waals surface area contributed by atoms with Crippen LogP contribution in [0.1, 0.15) is 0 Å². The largest absolute Gasteiger partial charge is 0.516 e. The minimum absolute atomic E-state index is 0.0740. The van der Waals surface area contributed by atoms with Gasteiger partial charge in [0.05, 0.1) is 11.9 Å². The average Bonchev–Trinajstić information content (AvgIpc) is 2.06. The van der Waals surface area contributed by atoms with E-state index in [9.17, 15) is 21.6 Å². The number of hydrogen-bond acceptors (Lipinski definition) is 4. The van der Waals surface area contributed by atoms with E-state index in [4.69, 9.17) is 5.73 Å². The third-order valence-corrected chi connectivity index (χ3v) is 2.46. The van der Waals surface area contributed by atoms with Crippen LogP contribution in [0.2, 0.25) is 0 Å². The van der Waals surface area contributed by atoms with Crippen LogP contribution in [0.3, 0.4) is 0 Å². The van der Waals surface area contributed by atoms with Crippen LogP contribution in [0.15, 0.2) is 18.3 Å². The Hall–Kier alpha value is -1.51. The van der Waals surface area contributed by atoms with Crippen LogP contribution in [0.4, 0.5) is 24.7 Å². The second-order valence-corrected chi connectivity index (χ2v) is 4.20. The molecule has 84 valence electrons. The number of rotatable bonds is 2. The van der Waals surface area contributed by atoms with E-state index < -0.39 is 15.5 Å². The molecule has 0 amide bonds. The first-order valence-corrected chi connectivity index (χ1v) is 5.01. The highest BCUT2D eigenvalue weighted by atomic mass is 32.2. The van der Waals surface area contributed by atoms with Crippen molar-refractivity contribution in [2.45, 2.75) is 5.51 Å². The second kappa shape index (κ2) is 3.57. The number of nitrogens with zero attached hydrogens (tertiary/aromatic N) is 1. The third kappa shape index (κ3) is 2.72. The Morgan fingerprint density at radius 3 is 2.33 bits per heavy atom. The van der Waals surface area contributed by atoms with Crippen molar-refractivity contribution in [1.82, 2.24) is 4.98 Å². The monoisotopic (exact) mass is 241 g/mol. The highest BCUT2D eigenvalue weighted by molar-refractivity contribution is 7.93. The number of alkyl halides is 3. The quantitative estimate of drug-likeness (QED) is 0.806. The molecular weight excluding hydrogens is 235 g/mol. The van der Waals surface area contributed by atoms with E-state index in [1.807, 2.05) is 0 Å². The summed E-state index contributed by atoms with van der Waals surface area (Å²) in [6, 6.07) is 2.25. The molecule has 0 unspecified atom stereocenters. The van der Waals surface area contributed by atoms with Gasteiger partial charge in [-0.3, -0.25) is 4.72 Å². The summed E-state index contributed by atoms with van der Waals surface area (Å²) in [7, 11) is -5.39. The molecule has 15 heavy (non-hydrogen) atoms. The molecule has 5 nitrogen and oxygen atoms in total. The van der Waals surface area contributed by atoms with Crippen LogP contribution in [-0.4, -0.2) is 18.9 Å². The van der Waals surface area contributed by atoms with E-state index in [1.165, 1.54) is 10.8 Å². The zero-order valence-electron chi connectivity index (χ0n) is 7.12. The molecule has 0 aromatic carbocycles. The maximum Gasteiger partial charge on any atom is 0.516 e. The lowest BCUT2D eigenvalue weighted by atomic mass is 10.4. The van der Waals surface area contributed by atoms with Gasteiger partial charge < -0.3 is 5.73 Å². The second-order valence-electron chi connectivity index (χ2n) is 2.52. The van der Waals surface area contributed by atoms with Crippen LogP contribution in [0, 0.1) is 0 Å². The van der Waals surface area contributed by atoms with Gasteiger partial charge in [-0.15, -0.1) is 0 Å². The fourth-order valence-corrected chi connectivity index (χ4v) is 1.23. The first-order valence-electron chi connectivity index (χ1n) is 3.53. The molecule has 0 fully saturated rings. The lowest BCUT2D eigenvalue weighted by molar-refractivity contribution is -0.0429. The van der Waals surface area contributed by atoms with Crippen LogP contribution >= 0.6 is 0 Å². The van der Waals surface area contributed by atoms with Crippen molar-refractivity contribution in [3.05, 3.63) is 18.3 Å². The third-order valence-electron chi connectivity index (χ3n) is 1.34. The molecule has 0 radical (unpaired) electrons. The zero-order valence-corrected chi connectivity index (χ0v) is 7.93. The molecule has 9 heteroatoms. The van der Waals surface area contributed by atoms with Crippen molar-refractivity contribution in [1.29, 1.82) is 0 Å². The number of sulfonamides is 1. The van der Waals surface area contributed by atoms with E-state index >= 15 is 0 Å². The molecule has 3 N–H and O–H groups in total. The van der Waals surface area contributed by atoms with Gasteiger partial charge in [-0.1, -0.05) is 0 Å². The highest BCUT2D eigenvalue weighted by Crippen LogP contribution is 2.25. The van der Waals surface area contributed by atoms with Gasteiger partial charge in [0.25, 0.3) is 0 Å². The highest BCUT2D eigenvalue weighted by Gasteiger charge is 2.46. The van der Waals surface area contributed by atoms with E-state index in [0.29, 0.717) is 0 Å². The fourth-order valence-electron chi connectivity index (χ4n) is 0.679. The maximum atomic E-state index is 11.9. The van der Waals surface area contributed by atoms with Gasteiger partial charge in [-0.2, -0.15) is 21.6 Å². The van der Waals surface area contributed by atoms with Crippen molar-refractivity contribution in [2.24, 2.45) is 0 Å². The van der Waals surface area contributed by atoms with E-state index in [2.05, 4.69) is 4.98 Å².